The van der Waals surface area contributed by atoms with E-state index in [1.807, 2.05) is 51.1 Å². The molecule has 0 saturated heterocycles. The third-order valence-corrected chi connectivity index (χ3v) is 3.22. The van der Waals surface area contributed by atoms with Gasteiger partial charge in [0.25, 0.3) is 0 Å². The van der Waals surface area contributed by atoms with Crippen LogP contribution in [-0.2, 0) is 16.1 Å². The Hall–Kier alpha value is -1.57. The molecule has 1 aromatic rings. The molecule has 0 spiro atoms. The molecule has 0 saturated carbocycles. The Morgan fingerprint density at radius 1 is 1.41 bits per heavy atom. The zero-order valence-electron chi connectivity index (χ0n) is 10.8. The van der Waals surface area contributed by atoms with Gasteiger partial charge >= 0.3 is 5.97 Å². The smallest absolute Gasteiger partial charge is 0.309 e. The first kappa shape index (κ1) is 13.5. The molecule has 0 aliphatic rings. The third-order valence-electron chi connectivity index (χ3n) is 3.22. The molecule has 92 valence electrons. The van der Waals surface area contributed by atoms with Gasteiger partial charge in [-0.25, -0.2) is 0 Å². The molecule has 17 heavy (non-hydrogen) atoms. The molecule has 1 aromatic carbocycles. The summed E-state index contributed by atoms with van der Waals surface area (Å²) < 4.78 is 5.29. The standard InChI is InChI=1S/C15H20O2/c1-5-15(3,4)12(2)14(16)17-11-13-9-7-6-8-10-13/h5-10,12H,1,11H2,2-4H3. The number of ether oxygens (including phenoxy) is 1. The van der Waals surface area contributed by atoms with Crippen molar-refractivity contribution in [3.05, 3.63) is 48.6 Å². The molecule has 0 bridgehead atoms. The fraction of sp³-hybridized carbons (Fsp3) is 0.400. The van der Waals surface area contributed by atoms with Crippen LogP contribution in [0.2, 0.25) is 0 Å². The summed E-state index contributed by atoms with van der Waals surface area (Å²) in [5, 5.41) is 0. The Morgan fingerprint density at radius 3 is 2.53 bits per heavy atom. The number of hydrogen-bond acceptors (Lipinski definition) is 2. The first-order valence-electron chi connectivity index (χ1n) is 5.81. The van der Waals surface area contributed by atoms with Crippen LogP contribution in [0.3, 0.4) is 0 Å². The lowest BCUT2D eigenvalue weighted by Gasteiger charge is -2.26. The second-order valence-electron chi connectivity index (χ2n) is 4.84. The van der Waals surface area contributed by atoms with E-state index in [4.69, 9.17) is 4.74 Å². The van der Waals surface area contributed by atoms with Crippen molar-refractivity contribution in [3.63, 3.8) is 0 Å². The number of allylic oxidation sites excluding steroid dienone is 1. The van der Waals surface area contributed by atoms with Gasteiger partial charge in [0, 0.05) is 0 Å². The predicted molar refractivity (Wildman–Crippen MR) is 69.4 cm³/mol. The van der Waals surface area contributed by atoms with Crippen LogP contribution in [-0.4, -0.2) is 5.97 Å². The molecule has 0 aromatic heterocycles. The van der Waals surface area contributed by atoms with Gasteiger partial charge in [-0.15, -0.1) is 6.58 Å². The number of carbonyl (C=O) groups excluding carboxylic acids is 1. The van der Waals surface area contributed by atoms with Crippen LogP contribution in [0.15, 0.2) is 43.0 Å². The molecule has 0 heterocycles. The minimum Gasteiger partial charge on any atom is -0.461 e. The number of benzene rings is 1. The molecule has 1 unspecified atom stereocenters. The summed E-state index contributed by atoms with van der Waals surface area (Å²) in [6.45, 7) is 9.91. The van der Waals surface area contributed by atoms with Crippen molar-refractivity contribution < 1.29 is 9.53 Å². The van der Waals surface area contributed by atoms with Crippen LogP contribution in [0, 0.1) is 11.3 Å². The second-order valence-corrected chi connectivity index (χ2v) is 4.84. The zero-order valence-corrected chi connectivity index (χ0v) is 10.8. The maximum Gasteiger partial charge on any atom is 0.309 e. The van der Waals surface area contributed by atoms with Gasteiger partial charge in [-0.1, -0.05) is 57.2 Å². The Kier molecular flexibility index (Phi) is 4.50. The van der Waals surface area contributed by atoms with Gasteiger partial charge in [-0.3, -0.25) is 4.79 Å². The highest BCUT2D eigenvalue weighted by Crippen LogP contribution is 2.28. The Labute approximate surface area is 103 Å². The summed E-state index contributed by atoms with van der Waals surface area (Å²) in [4.78, 5) is 11.9. The Bertz CT molecular complexity index is 379. The Morgan fingerprint density at radius 2 is 2.00 bits per heavy atom. The van der Waals surface area contributed by atoms with E-state index in [1.54, 1.807) is 6.08 Å². The maximum absolute atomic E-state index is 11.9. The topological polar surface area (TPSA) is 26.3 Å². The van der Waals surface area contributed by atoms with Crippen molar-refractivity contribution in [1.82, 2.24) is 0 Å². The van der Waals surface area contributed by atoms with Gasteiger partial charge in [-0.2, -0.15) is 0 Å². The number of hydrogen-bond donors (Lipinski definition) is 0. The highest BCUT2D eigenvalue weighted by Gasteiger charge is 2.29. The molecule has 1 atom stereocenters. The van der Waals surface area contributed by atoms with Gasteiger partial charge in [-0.05, 0) is 11.0 Å². The zero-order chi connectivity index (χ0) is 12.9. The lowest BCUT2D eigenvalue weighted by atomic mass is 9.80. The lowest BCUT2D eigenvalue weighted by molar-refractivity contribution is -0.152. The normalized spacial score (nSPS) is 12.9. The van der Waals surface area contributed by atoms with Crippen molar-refractivity contribution in [2.24, 2.45) is 11.3 Å². The SMILES string of the molecule is C=CC(C)(C)C(C)C(=O)OCc1ccccc1. The monoisotopic (exact) mass is 232 g/mol. The molecule has 0 aliphatic heterocycles. The predicted octanol–water partition coefficient (Wildman–Crippen LogP) is 3.58. The van der Waals surface area contributed by atoms with Crippen molar-refractivity contribution in [3.8, 4) is 0 Å². The average molecular weight is 232 g/mol. The molecule has 0 amide bonds. The lowest BCUT2D eigenvalue weighted by Crippen LogP contribution is -2.28. The van der Waals surface area contributed by atoms with E-state index in [1.165, 1.54) is 0 Å². The van der Waals surface area contributed by atoms with E-state index in [2.05, 4.69) is 6.58 Å². The van der Waals surface area contributed by atoms with E-state index >= 15 is 0 Å². The summed E-state index contributed by atoms with van der Waals surface area (Å²) in [7, 11) is 0. The third kappa shape index (κ3) is 3.74. The highest BCUT2D eigenvalue weighted by molar-refractivity contribution is 5.73. The van der Waals surface area contributed by atoms with Gasteiger partial charge in [0.1, 0.15) is 6.61 Å². The molecular weight excluding hydrogens is 212 g/mol. The highest BCUT2D eigenvalue weighted by atomic mass is 16.5. The summed E-state index contributed by atoms with van der Waals surface area (Å²) >= 11 is 0. The molecule has 2 nitrogen and oxygen atoms in total. The van der Waals surface area contributed by atoms with Crippen LogP contribution in [0.4, 0.5) is 0 Å². The van der Waals surface area contributed by atoms with Crippen molar-refractivity contribution in [1.29, 1.82) is 0 Å². The number of carbonyl (C=O) groups is 1. The van der Waals surface area contributed by atoms with E-state index in [-0.39, 0.29) is 17.3 Å². The molecule has 0 N–H and O–H groups in total. The fourth-order valence-electron chi connectivity index (χ4n) is 1.33. The summed E-state index contributed by atoms with van der Waals surface area (Å²) in [5.74, 6) is -0.373. The van der Waals surface area contributed by atoms with Crippen LogP contribution >= 0.6 is 0 Å². The van der Waals surface area contributed by atoms with Gasteiger partial charge in [0.15, 0.2) is 0 Å². The molecule has 0 radical (unpaired) electrons. The summed E-state index contributed by atoms with van der Waals surface area (Å²) in [6.07, 6.45) is 1.79. The molecule has 0 fully saturated rings. The first-order chi connectivity index (χ1) is 7.97. The van der Waals surface area contributed by atoms with Gasteiger partial charge in [0.2, 0.25) is 0 Å². The molecule has 2 heteroatoms. The quantitative estimate of drug-likeness (QED) is 0.573. The number of rotatable bonds is 5. The summed E-state index contributed by atoms with van der Waals surface area (Å²) in [6, 6.07) is 9.68. The minimum absolute atomic E-state index is 0.182. The van der Waals surface area contributed by atoms with Crippen LogP contribution in [0.5, 0.6) is 0 Å². The fourth-order valence-corrected chi connectivity index (χ4v) is 1.33. The van der Waals surface area contributed by atoms with E-state index in [0.717, 1.165) is 5.56 Å². The van der Waals surface area contributed by atoms with Gasteiger partial charge < -0.3 is 4.74 Å². The van der Waals surface area contributed by atoms with E-state index < -0.39 is 0 Å². The van der Waals surface area contributed by atoms with Crippen LogP contribution in [0.25, 0.3) is 0 Å². The average Bonchev–Trinajstić information content (AvgIpc) is 2.36. The molecular formula is C15H20O2. The van der Waals surface area contributed by atoms with Gasteiger partial charge in [0.05, 0.1) is 5.92 Å². The minimum atomic E-state index is -0.242. The van der Waals surface area contributed by atoms with E-state index in [0.29, 0.717) is 6.61 Å². The Balaban J connectivity index is 2.53. The largest absolute Gasteiger partial charge is 0.461 e. The van der Waals surface area contributed by atoms with Crippen LogP contribution < -0.4 is 0 Å². The first-order valence-corrected chi connectivity index (χ1v) is 5.81. The summed E-state index contributed by atoms with van der Waals surface area (Å²) in [5.41, 5.74) is 0.762. The van der Waals surface area contributed by atoms with Crippen molar-refractivity contribution in [2.45, 2.75) is 27.4 Å². The van der Waals surface area contributed by atoms with Crippen molar-refractivity contribution in [2.75, 3.05) is 0 Å². The number of esters is 1. The van der Waals surface area contributed by atoms with E-state index in [9.17, 15) is 4.79 Å². The maximum atomic E-state index is 11.9. The van der Waals surface area contributed by atoms with Crippen LogP contribution in [0.1, 0.15) is 26.3 Å². The second kappa shape index (κ2) is 5.67. The molecule has 0 aliphatic carbocycles. The molecule has 1 rings (SSSR count). The van der Waals surface area contributed by atoms with Crippen molar-refractivity contribution >= 4 is 5.97 Å².